The smallest absolute Gasteiger partial charge is 0.155 e. The molecule has 1 N–H and O–H groups in total. The molecule has 0 unspecified atom stereocenters. The summed E-state index contributed by atoms with van der Waals surface area (Å²) in [4.78, 5) is 4.43. The molecule has 0 spiro atoms. The first kappa shape index (κ1) is 10.6. The molecular formula is C11H11BrClN3. The Kier molecular flexibility index (Phi) is 2.65. The lowest BCUT2D eigenvalue weighted by atomic mass is 9.99. The molecule has 3 heterocycles. The van der Waals surface area contributed by atoms with E-state index in [9.17, 15) is 0 Å². The van der Waals surface area contributed by atoms with Gasteiger partial charge >= 0.3 is 0 Å². The summed E-state index contributed by atoms with van der Waals surface area (Å²) >= 11 is 9.57. The molecule has 0 bridgehead atoms. The molecule has 2 aromatic heterocycles. The predicted molar refractivity (Wildman–Crippen MR) is 68.0 cm³/mol. The predicted octanol–water partition coefficient (Wildman–Crippen LogP) is 2.51. The van der Waals surface area contributed by atoms with Crippen LogP contribution >= 0.6 is 27.5 Å². The molecule has 1 aliphatic rings. The highest BCUT2D eigenvalue weighted by Gasteiger charge is 2.20. The summed E-state index contributed by atoms with van der Waals surface area (Å²) < 4.78 is 3.10. The van der Waals surface area contributed by atoms with Gasteiger partial charge in [0.25, 0.3) is 0 Å². The molecule has 0 radical (unpaired) electrons. The number of pyridine rings is 1. The van der Waals surface area contributed by atoms with Crippen molar-refractivity contribution in [2.75, 3.05) is 13.1 Å². The fraction of sp³-hybridized carbons (Fsp3) is 0.364. The summed E-state index contributed by atoms with van der Waals surface area (Å²) in [6.45, 7) is 2.17. The van der Waals surface area contributed by atoms with Gasteiger partial charge in [-0.15, -0.1) is 0 Å². The molecule has 5 heteroatoms. The van der Waals surface area contributed by atoms with E-state index in [0.29, 0.717) is 11.1 Å². The first-order valence-corrected chi connectivity index (χ1v) is 6.44. The van der Waals surface area contributed by atoms with Crippen LogP contribution < -0.4 is 5.32 Å². The summed E-state index contributed by atoms with van der Waals surface area (Å²) in [5, 5.41) is 3.85. The van der Waals surface area contributed by atoms with Crippen LogP contribution in [0, 0.1) is 5.92 Å². The van der Waals surface area contributed by atoms with Gasteiger partial charge in [-0.1, -0.05) is 27.5 Å². The Morgan fingerprint density at radius 3 is 3.06 bits per heavy atom. The Morgan fingerprint density at radius 2 is 2.38 bits per heavy atom. The van der Waals surface area contributed by atoms with E-state index in [1.54, 1.807) is 0 Å². The van der Waals surface area contributed by atoms with E-state index in [0.717, 1.165) is 35.3 Å². The highest BCUT2D eigenvalue weighted by Crippen LogP contribution is 2.23. The Hall–Kier alpha value is -0.580. The fourth-order valence-corrected chi connectivity index (χ4v) is 2.56. The minimum absolute atomic E-state index is 0.587. The van der Waals surface area contributed by atoms with E-state index >= 15 is 0 Å². The number of fused-ring (bicyclic) bond motifs is 1. The van der Waals surface area contributed by atoms with Crippen molar-refractivity contribution in [2.24, 2.45) is 5.92 Å². The van der Waals surface area contributed by atoms with Crippen LogP contribution in [0.1, 0.15) is 5.82 Å². The van der Waals surface area contributed by atoms with Gasteiger partial charge in [0, 0.05) is 17.1 Å². The van der Waals surface area contributed by atoms with Gasteiger partial charge in [0.05, 0.1) is 5.52 Å². The summed E-state index contributed by atoms with van der Waals surface area (Å²) in [6, 6.07) is 4.01. The maximum Gasteiger partial charge on any atom is 0.155 e. The number of halogens is 2. The van der Waals surface area contributed by atoms with Crippen molar-refractivity contribution in [1.82, 2.24) is 14.7 Å². The van der Waals surface area contributed by atoms with E-state index in [4.69, 9.17) is 11.6 Å². The van der Waals surface area contributed by atoms with Gasteiger partial charge in [0.15, 0.2) is 5.15 Å². The average Bonchev–Trinajstić information content (AvgIpc) is 2.50. The summed E-state index contributed by atoms with van der Waals surface area (Å²) in [6.07, 6.45) is 3.00. The molecule has 16 heavy (non-hydrogen) atoms. The molecule has 1 fully saturated rings. The molecule has 0 aromatic carbocycles. The molecule has 0 amide bonds. The third-order valence-corrected chi connectivity index (χ3v) is 3.74. The molecule has 2 aromatic rings. The van der Waals surface area contributed by atoms with Crippen LogP contribution in [-0.4, -0.2) is 22.5 Å². The van der Waals surface area contributed by atoms with Crippen LogP contribution in [0.25, 0.3) is 5.52 Å². The number of nitrogens with one attached hydrogen (secondary N) is 1. The average molecular weight is 301 g/mol. The first-order valence-electron chi connectivity index (χ1n) is 5.27. The molecule has 1 aliphatic heterocycles. The molecule has 3 nitrogen and oxygen atoms in total. The van der Waals surface area contributed by atoms with Crippen LogP contribution in [0.5, 0.6) is 0 Å². The minimum Gasteiger partial charge on any atom is -0.316 e. The number of nitrogens with zero attached hydrogens (tertiary/aromatic N) is 2. The second-order valence-corrected chi connectivity index (χ2v) is 5.42. The van der Waals surface area contributed by atoms with Crippen molar-refractivity contribution in [2.45, 2.75) is 6.42 Å². The Labute approximate surface area is 107 Å². The summed E-state index contributed by atoms with van der Waals surface area (Å²) in [5.74, 6) is 1.75. The van der Waals surface area contributed by atoms with Crippen molar-refractivity contribution >= 4 is 33.0 Å². The van der Waals surface area contributed by atoms with Gasteiger partial charge in [-0.05, 0) is 31.1 Å². The highest BCUT2D eigenvalue weighted by molar-refractivity contribution is 9.10. The van der Waals surface area contributed by atoms with Crippen molar-refractivity contribution in [3.8, 4) is 0 Å². The lowest BCUT2D eigenvalue weighted by Gasteiger charge is -2.26. The lowest BCUT2D eigenvalue weighted by molar-refractivity contribution is 0.340. The van der Waals surface area contributed by atoms with Crippen molar-refractivity contribution in [3.63, 3.8) is 0 Å². The van der Waals surface area contributed by atoms with Gasteiger partial charge in [-0.2, -0.15) is 0 Å². The quantitative estimate of drug-likeness (QED) is 0.923. The Balaban J connectivity index is 2.03. The van der Waals surface area contributed by atoms with E-state index in [1.807, 2.05) is 18.3 Å². The molecule has 0 aliphatic carbocycles. The van der Waals surface area contributed by atoms with Gasteiger partial charge in [0.2, 0.25) is 0 Å². The van der Waals surface area contributed by atoms with Gasteiger partial charge < -0.3 is 9.72 Å². The zero-order chi connectivity index (χ0) is 11.1. The van der Waals surface area contributed by atoms with Crippen LogP contribution in [0.2, 0.25) is 5.15 Å². The third kappa shape index (κ3) is 1.75. The van der Waals surface area contributed by atoms with Crippen LogP contribution in [-0.2, 0) is 6.42 Å². The fourth-order valence-electron chi connectivity index (χ4n) is 1.98. The minimum atomic E-state index is 0.587. The number of rotatable bonds is 2. The number of hydrogen-bond donors (Lipinski definition) is 1. The van der Waals surface area contributed by atoms with Gasteiger partial charge in [0.1, 0.15) is 5.82 Å². The van der Waals surface area contributed by atoms with Crippen molar-refractivity contribution in [3.05, 3.63) is 33.8 Å². The number of hydrogen-bond acceptors (Lipinski definition) is 2. The van der Waals surface area contributed by atoms with E-state index in [1.165, 1.54) is 0 Å². The topological polar surface area (TPSA) is 29.3 Å². The molecule has 84 valence electrons. The van der Waals surface area contributed by atoms with Crippen LogP contribution in [0.4, 0.5) is 0 Å². The molecule has 0 saturated carbocycles. The molecule has 0 atom stereocenters. The van der Waals surface area contributed by atoms with E-state index < -0.39 is 0 Å². The number of imidazole rings is 1. The lowest BCUT2D eigenvalue weighted by Crippen LogP contribution is -2.43. The molecule has 1 saturated heterocycles. The third-order valence-electron chi connectivity index (χ3n) is 2.97. The maximum absolute atomic E-state index is 6.13. The Bertz CT molecular complexity index is 533. The second-order valence-electron chi connectivity index (χ2n) is 4.15. The Morgan fingerprint density at radius 1 is 1.56 bits per heavy atom. The molecular weight excluding hydrogens is 289 g/mol. The zero-order valence-electron chi connectivity index (χ0n) is 8.58. The normalized spacial score (nSPS) is 16.6. The monoisotopic (exact) mass is 299 g/mol. The zero-order valence-corrected chi connectivity index (χ0v) is 10.9. The van der Waals surface area contributed by atoms with Crippen LogP contribution in [0.15, 0.2) is 22.8 Å². The molecule has 3 rings (SSSR count). The SMILES string of the molecule is Clc1nc(CC2CNC2)n2ccc(Br)cc12. The summed E-state index contributed by atoms with van der Waals surface area (Å²) in [5.41, 5.74) is 0.971. The summed E-state index contributed by atoms with van der Waals surface area (Å²) in [7, 11) is 0. The van der Waals surface area contributed by atoms with E-state index in [2.05, 4.69) is 30.6 Å². The van der Waals surface area contributed by atoms with E-state index in [-0.39, 0.29) is 0 Å². The standard InChI is InChI=1S/C11H11BrClN3/c12-8-1-2-16-9(4-8)11(13)15-10(16)3-7-5-14-6-7/h1-2,4,7,14H,3,5-6H2. The second kappa shape index (κ2) is 4.02. The first-order chi connectivity index (χ1) is 7.74. The number of aromatic nitrogens is 2. The van der Waals surface area contributed by atoms with Crippen molar-refractivity contribution < 1.29 is 0 Å². The van der Waals surface area contributed by atoms with Crippen LogP contribution in [0.3, 0.4) is 0 Å². The van der Waals surface area contributed by atoms with Gasteiger partial charge in [-0.25, -0.2) is 4.98 Å². The highest BCUT2D eigenvalue weighted by atomic mass is 79.9. The maximum atomic E-state index is 6.13. The largest absolute Gasteiger partial charge is 0.316 e. The van der Waals surface area contributed by atoms with Crippen molar-refractivity contribution in [1.29, 1.82) is 0 Å². The van der Waals surface area contributed by atoms with Gasteiger partial charge in [-0.3, -0.25) is 0 Å².